The Morgan fingerprint density at radius 3 is 2.90 bits per heavy atom. The van der Waals surface area contributed by atoms with Gasteiger partial charge in [0.1, 0.15) is 5.82 Å². The van der Waals surface area contributed by atoms with E-state index in [1.807, 2.05) is 29.6 Å². The molecule has 1 aliphatic heterocycles. The van der Waals surface area contributed by atoms with Gasteiger partial charge < -0.3 is 0 Å². The molecule has 0 saturated carbocycles. The fourth-order valence-electron chi connectivity index (χ4n) is 2.56. The first-order valence-corrected chi connectivity index (χ1v) is 8.07. The third-order valence-corrected chi connectivity index (χ3v) is 5.76. The van der Waals surface area contributed by atoms with Crippen LogP contribution in [0.2, 0.25) is 0 Å². The Bertz CT molecular complexity index is 851. The van der Waals surface area contributed by atoms with Crippen LogP contribution in [-0.2, 0) is 5.75 Å². The van der Waals surface area contributed by atoms with Crippen molar-refractivity contribution in [2.45, 2.75) is 10.6 Å². The zero-order valence-electron chi connectivity index (χ0n) is 10.4. The first-order valence-electron chi connectivity index (χ1n) is 6.21. The van der Waals surface area contributed by atoms with Crippen LogP contribution in [0.15, 0.2) is 46.7 Å². The van der Waals surface area contributed by atoms with Crippen molar-refractivity contribution in [2.24, 2.45) is 0 Å². The molecule has 3 aromatic rings. The van der Waals surface area contributed by atoms with Crippen LogP contribution in [0.5, 0.6) is 0 Å². The molecule has 1 nitrogen and oxygen atoms in total. The van der Waals surface area contributed by atoms with Crippen LogP contribution < -0.4 is 0 Å². The largest absolute Gasteiger partial charge is 0.288 e. The Morgan fingerprint density at radius 2 is 2.00 bits per heavy atom. The number of halogens is 1. The van der Waals surface area contributed by atoms with Gasteiger partial charge in [0.25, 0.3) is 0 Å². The monoisotopic (exact) mass is 300 g/mol. The summed E-state index contributed by atoms with van der Waals surface area (Å²) in [6.45, 7) is 0. The van der Waals surface area contributed by atoms with Crippen LogP contribution >= 0.6 is 23.1 Å². The molecule has 0 N–H and O–H groups in total. The minimum Gasteiger partial charge on any atom is -0.288 e. The number of thiophene rings is 1. The number of hydrogen-bond donors (Lipinski definition) is 0. The van der Waals surface area contributed by atoms with E-state index >= 15 is 0 Å². The number of hydrogen-bond acceptors (Lipinski definition) is 3. The molecule has 0 fully saturated rings. The van der Waals surface area contributed by atoms with E-state index in [9.17, 15) is 9.18 Å². The average Bonchev–Trinajstić information content (AvgIpc) is 2.87. The third kappa shape index (κ3) is 1.65. The molecule has 0 atom stereocenters. The summed E-state index contributed by atoms with van der Waals surface area (Å²) in [6.07, 6.45) is 0. The lowest BCUT2D eigenvalue weighted by atomic mass is 9.98. The maximum atomic E-state index is 14.0. The summed E-state index contributed by atoms with van der Waals surface area (Å²) in [7, 11) is 0. The molecule has 4 heteroatoms. The van der Waals surface area contributed by atoms with Gasteiger partial charge in [-0.25, -0.2) is 4.39 Å². The van der Waals surface area contributed by atoms with Gasteiger partial charge in [-0.05, 0) is 34.5 Å². The van der Waals surface area contributed by atoms with Gasteiger partial charge in [0.05, 0.1) is 5.56 Å². The van der Waals surface area contributed by atoms with Gasteiger partial charge in [0, 0.05) is 20.9 Å². The second-order valence-corrected chi connectivity index (χ2v) is 6.57. The normalized spacial score (nSPS) is 13.9. The summed E-state index contributed by atoms with van der Waals surface area (Å²) in [5.74, 6) is 0.00340. The van der Waals surface area contributed by atoms with E-state index in [1.54, 1.807) is 29.2 Å². The van der Waals surface area contributed by atoms with E-state index in [1.165, 1.54) is 6.07 Å². The maximum Gasteiger partial charge on any atom is 0.197 e. The van der Waals surface area contributed by atoms with E-state index in [0.29, 0.717) is 11.3 Å². The molecule has 1 aromatic heterocycles. The number of fused-ring (bicyclic) bond motifs is 4. The standard InChI is InChI=1S/C16H9FOS2/c17-12-3-1-2-10-8-20-16-11(14(18)13(10)12)5-4-9-6-7-19-15(9)16/h1-7H,8H2. The van der Waals surface area contributed by atoms with E-state index in [-0.39, 0.29) is 11.3 Å². The Hall–Kier alpha value is -1.65. The summed E-state index contributed by atoms with van der Waals surface area (Å²) >= 11 is 3.25. The molecule has 4 rings (SSSR count). The molecule has 0 saturated heterocycles. The predicted octanol–water partition coefficient (Wildman–Crippen LogP) is 4.88. The maximum absolute atomic E-state index is 14.0. The predicted molar refractivity (Wildman–Crippen MR) is 81.2 cm³/mol. The molecule has 1 aliphatic rings. The van der Waals surface area contributed by atoms with Crippen LogP contribution in [0.3, 0.4) is 0 Å². The van der Waals surface area contributed by atoms with Gasteiger partial charge in [-0.15, -0.1) is 23.1 Å². The molecule has 0 unspecified atom stereocenters. The molecule has 98 valence electrons. The van der Waals surface area contributed by atoms with E-state index < -0.39 is 5.82 Å². The fraction of sp³-hybridized carbons (Fsp3) is 0.0625. The molecule has 0 aliphatic carbocycles. The van der Waals surface area contributed by atoms with Crippen molar-refractivity contribution in [3.63, 3.8) is 0 Å². The Morgan fingerprint density at radius 1 is 1.10 bits per heavy atom. The van der Waals surface area contributed by atoms with Crippen molar-refractivity contribution in [3.05, 3.63) is 64.3 Å². The number of ketones is 1. The topological polar surface area (TPSA) is 17.1 Å². The number of rotatable bonds is 0. The lowest BCUT2D eigenvalue weighted by Crippen LogP contribution is -2.06. The van der Waals surface area contributed by atoms with Crippen molar-refractivity contribution in [2.75, 3.05) is 0 Å². The molecule has 0 radical (unpaired) electrons. The molecule has 20 heavy (non-hydrogen) atoms. The average molecular weight is 300 g/mol. The van der Waals surface area contributed by atoms with E-state index in [0.717, 1.165) is 20.5 Å². The SMILES string of the molecule is O=C1c2ccc3ccsc3c2SCc2cccc(F)c21. The first-order chi connectivity index (χ1) is 9.75. The molecular formula is C16H9FOS2. The number of thioether (sulfide) groups is 1. The van der Waals surface area contributed by atoms with Crippen LogP contribution in [0.1, 0.15) is 21.5 Å². The van der Waals surface area contributed by atoms with Gasteiger partial charge >= 0.3 is 0 Å². The van der Waals surface area contributed by atoms with Gasteiger partial charge in [-0.3, -0.25) is 4.79 Å². The molecule has 0 spiro atoms. The van der Waals surface area contributed by atoms with Crippen molar-refractivity contribution < 1.29 is 9.18 Å². The minimum atomic E-state index is -0.424. The molecule has 0 amide bonds. The van der Waals surface area contributed by atoms with Crippen molar-refractivity contribution in [1.82, 2.24) is 0 Å². The number of benzene rings is 2. The summed E-state index contributed by atoms with van der Waals surface area (Å²) < 4.78 is 15.1. The highest BCUT2D eigenvalue weighted by molar-refractivity contribution is 7.99. The summed E-state index contributed by atoms with van der Waals surface area (Å²) in [6, 6.07) is 10.7. The Kier molecular flexibility index (Phi) is 2.69. The Balaban J connectivity index is 2.03. The zero-order chi connectivity index (χ0) is 13.7. The molecular weight excluding hydrogens is 291 g/mol. The van der Waals surface area contributed by atoms with Crippen LogP contribution in [0, 0.1) is 5.82 Å². The van der Waals surface area contributed by atoms with Gasteiger partial charge in [0.15, 0.2) is 5.78 Å². The minimum absolute atomic E-state index is 0.201. The Labute approximate surface area is 123 Å². The third-order valence-electron chi connectivity index (χ3n) is 3.52. The lowest BCUT2D eigenvalue weighted by Gasteiger charge is -2.06. The highest BCUT2D eigenvalue weighted by Gasteiger charge is 2.25. The quantitative estimate of drug-likeness (QED) is 0.589. The molecule has 2 aromatic carbocycles. The van der Waals surface area contributed by atoms with Crippen LogP contribution in [-0.4, -0.2) is 5.78 Å². The van der Waals surface area contributed by atoms with E-state index in [2.05, 4.69) is 0 Å². The molecule has 2 heterocycles. The van der Waals surface area contributed by atoms with Gasteiger partial charge in [0.2, 0.25) is 0 Å². The molecule has 0 bridgehead atoms. The number of carbonyl (C=O) groups is 1. The fourth-order valence-corrected chi connectivity index (χ4v) is 4.82. The van der Waals surface area contributed by atoms with Crippen molar-refractivity contribution >= 4 is 39.0 Å². The van der Waals surface area contributed by atoms with E-state index in [4.69, 9.17) is 0 Å². The highest BCUT2D eigenvalue weighted by Crippen LogP contribution is 2.40. The summed E-state index contributed by atoms with van der Waals surface area (Å²) in [5.41, 5.74) is 1.63. The lowest BCUT2D eigenvalue weighted by molar-refractivity contribution is 0.103. The highest BCUT2D eigenvalue weighted by atomic mass is 32.2. The van der Waals surface area contributed by atoms with Gasteiger partial charge in [-0.2, -0.15) is 0 Å². The summed E-state index contributed by atoms with van der Waals surface area (Å²) in [5, 5.41) is 3.16. The van der Waals surface area contributed by atoms with Crippen LogP contribution in [0.4, 0.5) is 4.39 Å². The number of carbonyl (C=O) groups excluding carboxylic acids is 1. The zero-order valence-corrected chi connectivity index (χ0v) is 12.0. The first kappa shape index (κ1) is 12.1. The van der Waals surface area contributed by atoms with Crippen molar-refractivity contribution in [3.8, 4) is 0 Å². The second-order valence-electron chi connectivity index (χ2n) is 4.67. The smallest absolute Gasteiger partial charge is 0.197 e. The van der Waals surface area contributed by atoms with Crippen molar-refractivity contribution in [1.29, 1.82) is 0 Å². The second kappa shape index (κ2) is 4.43. The van der Waals surface area contributed by atoms with Crippen LogP contribution in [0.25, 0.3) is 10.1 Å². The summed E-state index contributed by atoms with van der Waals surface area (Å²) in [4.78, 5) is 13.7. The van der Waals surface area contributed by atoms with Gasteiger partial charge in [-0.1, -0.05) is 18.2 Å².